The first-order valence-corrected chi connectivity index (χ1v) is 8.01. The third-order valence-electron chi connectivity index (χ3n) is 4.53. The van der Waals surface area contributed by atoms with Crippen molar-refractivity contribution in [3.05, 3.63) is 48.0 Å². The molecule has 1 amide bonds. The molecule has 2 saturated carbocycles. The first kappa shape index (κ1) is 14.2. The van der Waals surface area contributed by atoms with Crippen LogP contribution < -0.4 is 10.1 Å². The van der Waals surface area contributed by atoms with E-state index in [-0.39, 0.29) is 17.7 Å². The second-order valence-corrected chi connectivity index (χ2v) is 6.32. The largest absolute Gasteiger partial charge is 0.497 e. The van der Waals surface area contributed by atoms with Crippen LogP contribution in [0.25, 0.3) is 0 Å². The summed E-state index contributed by atoms with van der Waals surface area (Å²) in [6.45, 7) is 0. The summed E-state index contributed by atoms with van der Waals surface area (Å²) in [5.41, 5.74) is 1.83. The molecule has 1 aromatic heterocycles. The van der Waals surface area contributed by atoms with Crippen molar-refractivity contribution in [3.63, 3.8) is 0 Å². The topological polar surface area (TPSA) is 64.1 Å². The van der Waals surface area contributed by atoms with Crippen LogP contribution in [0.3, 0.4) is 0 Å². The highest BCUT2D eigenvalue weighted by atomic mass is 16.5. The highest BCUT2D eigenvalue weighted by Gasteiger charge is 2.44. The molecule has 23 heavy (non-hydrogen) atoms. The van der Waals surface area contributed by atoms with Gasteiger partial charge in [-0.1, -0.05) is 12.1 Å². The Labute approximate surface area is 135 Å². The molecule has 5 heteroatoms. The van der Waals surface area contributed by atoms with E-state index < -0.39 is 0 Å². The molecule has 0 unspecified atom stereocenters. The number of aromatic nitrogens is 2. The summed E-state index contributed by atoms with van der Waals surface area (Å²) in [6, 6.07) is 7.94. The van der Waals surface area contributed by atoms with Gasteiger partial charge >= 0.3 is 0 Å². The van der Waals surface area contributed by atoms with E-state index in [2.05, 4.69) is 15.3 Å². The number of rotatable bonds is 5. The number of nitrogens with zero attached hydrogens (tertiary/aromatic N) is 2. The molecule has 0 spiro atoms. The van der Waals surface area contributed by atoms with E-state index in [9.17, 15) is 4.79 Å². The molecule has 2 aliphatic rings. The van der Waals surface area contributed by atoms with Crippen molar-refractivity contribution in [2.45, 2.75) is 31.1 Å². The van der Waals surface area contributed by atoms with Crippen LogP contribution in [0, 0.1) is 5.92 Å². The molecule has 0 bridgehead atoms. The fourth-order valence-corrected chi connectivity index (χ4v) is 2.92. The Balaban J connectivity index is 1.38. The van der Waals surface area contributed by atoms with E-state index in [0.717, 1.165) is 23.6 Å². The van der Waals surface area contributed by atoms with Crippen LogP contribution in [0.5, 0.6) is 5.75 Å². The van der Waals surface area contributed by atoms with Crippen molar-refractivity contribution in [1.29, 1.82) is 0 Å². The predicted octanol–water partition coefficient (Wildman–Crippen LogP) is 3.10. The number of anilines is 1. The maximum atomic E-state index is 12.3. The van der Waals surface area contributed by atoms with Crippen molar-refractivity contribution in [2.24, 2.45) is 5.92 Å². The minimum Gasteiger partial charge on any atom is -0.497 e. The van der Waals surface area contributed by atoms with Gasteiger partial charge in [0.1, 0.15) is 11.6 Å². The van der Waals surface area contributed by atoms with Crippen LogP contribution in [0.15, 0.2) is 36.7 Å². The van der Waals surface area contributed by atoms with Crippen molar-refractivity contribution < 1.29 is 9.53 Å². The maximum absolute atomic E-state index is 12.3. The summed E-state index contributed by atoms with van der Waals surface area (Å²) < 4.78 is 5.24. The second kappa shape index (κ2) is 5.65. The molecular formula is C18H19N3O2. The monoisotopic (exact) mass is 309 g/mol. The van der Waals surface area contributed by atoms with E-state index in [1.807, 2.05) is 24.3 Å². The zero-order valence-corrected chi connectivity index (χ0v) is 13.0. The molecule has 118 valence electrons. The minimum atomic E-state index is 0.0187. The molecule has 5 nitrogen and oxygen atoms in total. The van der Waals surface area contributed by atoms with Crippen molar-refractivity contribution in [2.75, 3.05) is 12.4 Å². The highest BCUT2D eigenvalue weighted by Crippen LogP contribution is 2.48. The first-order chi connectivity index (χ1) is 11.2. The molecule has 2 fully saturated rings. The predicted molar refractivity (Wildman–Crippen MR) is 86.5 cm³/mol. The van der Waals surface area contributed by atoms with Crippen LogP contribution in [0.2, 0.25) is 0 Å². The van der Waals surface area contributed by atoms with Crippen LogP contribution in [-0.4, -0.2) is 23.0 Å². The number of benzene rings is 1. The van der Waals surface area contributed by atoms with Gasteiger partial charge in [0, 0.05) is 11.8 Å². The van der Waals surface area contributed by atoms with Gasteiger partial charge in [0.25, 0.3) is 0 Å². The quantitative estimate of drug-likeness (QED) is 0.921. The molecule has 2 atom stereocenters. The van der Waals surface area contributed by atoms with Crippen LogP contribution in [0.4, 0.5) is 5.69 Å². The summed E-state index contributed by atoms with van der Waals surface area (Å²) in [7, 11) is 1.65. The van der Waals surface area contributed by atoms with Gasteiger partial charge in [-0.3, -0.25) is 4.79 Å². The van der Waals surface area contributed by atoms with Gasteiger partial charge < -0.3 is 10.1 Å². The van der Waals surface area contributed by atoms with Gasteiger partial charge in [0.2, 0.25) is 5.91 Å². The lowest BCUT2D eigenvalue weighted by Gasteiger charge is -2.06. The van der Waals surface area contributed by atoms with Gasteiger partial charge in [-0.2, -0.15) is 0 Å². The van der Waals surface area contributed by atoms with Crippen LogP contribution in [0.1, 0.15) is 42.5 Å². The van der Waals surface area contributed by atoms with Crippen LogP contribution >= 0.6 is 0 Å². The number of methoxy groups -OCH3 is 1. The molecule has 0 radical (unpaired) electrons. The molecule has 0 saturated heterocycles. The summed E-state index contributed by atoms with van der Waals surface area (Å²) >= 11 is 0. The third-order valence-corrected chi connectivity index (χ3v) is 4.53. The Morgan fingerprint density at radius 3 is 2.74 bits per heavy atom. The Hall–Kier alpha value is -2.43. The number of carbonyl (C=O) groups excluding carboxylic acids is 1. The van der Waals surface area contributed by atoms with E-state index in [1.165, 1.54) is 12.8 Å². The van der Waals surface area contributed by atoms with Crippen molar-refractivity contribution in [3.8, 4) is 5.75 Å². The number of hydrogen-bond donors (Lipinski definition) is 1. The zero-order chi connectivity index (χ0) is 15.8. The molecule has 0 aliphatic heterocycles. The fraction of sp³-hybridized carbons (Fsp3) is 0.389. The average Bonchev–Trinajstić information content (AvgIpc) is 3.48. The lowest BCUT2D eigenvalue weighted by atomic mass is 10.1. The summed E-state index contributed by atoms with van der Waals surface area (Å²) in [6.07, 6.45) is 6.65. The Bertz CT molecular complexity index is 725. The highest BCUT2D eigenvalue weighted by molar-refractivity contribution is 5.95. The van der Waals surface area contributed by atoms with Gasteiger partial charge in [0.15, 0.2) is 0 Å². The lowest BCUT2D eigenvalue weighted by Crippen LogP contribution is -2.15. The number of amides is 1. The Morgan fingerprint density at radius 2 is 2.04 bits per heavy atom. The molecule has 2 aliphatic carbocycles. The van der Waals surface area contributed by atoms with E-state index in [0.29, 0.717) is 11.6 Å². The smallest absolute Gasteiger partial charge is 0.228 e. The number of hydrogen-bond acceptors (Lipinski definition) is 4. The number of carbonyl (C=O) groups is 1. The average molecular weight is 309 g/mol. The Kier molecular flexibility index (Phi) is 3.48. The standard InChI is InChI=1S/C18H19N3O2/c1-23-14-4-2-3-12(7-14)15-8-16(15)18(22)21-13-9-19-17(20-10-13)11-5-6-11/h2-4,7,9-11,15-16H,5-6,8H2,1H3,(H,21,22)/t15-,16+/m0/s1. The third kappa shape index (κ3) is 3.04. The van der Waals surface area contributed by atoms with E-state index in [1.54, 1.807) is 19.5 Å². The number of ether oxygens (including phenoxy) is 1. The Morgan fingerprint density at radius 1 is 1.26 bits per heavy atom. The van der Waals surface area contributed by atoms with Gasteiger partial charge in [-0.15, -0.1) is 0 Å². The molecular weight excluding hydrogens is 290 g/mol. The van der Waals surface area contributed by atoms with Crippen molar-refractivity contribution >= 4 is 11.6 Å². The summed E-state index contributed by atoms with van der Waals surface area (Å²) in [4.78, 5) is 21.0. The second-order valence-electron chi connectivity index (χ2n) is 6.32. The lowest BCUT2D eigenvalue weighted by molar-refractivity contribution is -0.117. The van der Waals surface area contributed by atoms with Gasteiger partial charge in [0.05, 0.1) is 25.2 Å². The maximum Gasteiger partial charge on any atom is 0.228 e. The van der Waals surface area contributed by atoms with Gasteiger partial charge in [-0.05, 0) is 42.9 Å². The van der Waals surface area contributed by atoms with Crippen LogP contribution in [-0.2, 0) is 4.79 Å². The van der Waals surface area contributed by atoms with Crippen molar-refractivity contribution in [1.82, 2.24) is 9.97 Å². The molecule has 4 rings (SSSR count). The van der Waals surface area contributed by atoms with Gasteiger partial charge in [-0.25, -0.2) is 9.97 Å². The fourth-order valence-electron chi connectivity index (χ4n) is 2.92. The summed E-state index contributed by atoms with van der Waals surface area (Å²) in [5, 5.41) is 2.92. The SMILES string of the molecule is COc1cccc([C@@H]2C[C@H]2C(=O)Nc2cnc(C3CC3)nc2)c1. The molecule has 2 aromatic rings. The van der Waals surface area contributed by atoms with E-state index >= 15 is 0 Å². The minimum absolute atomic E-state index is 0.0187. The molecule has 1 heterocycles. The molecule has 1 aromatic carbocycles. The number of nitrogens with one attached hydrogen (secondary N) is 1. The van der Waals surface area contributed by atoms with E-state index in [4.69, 9.17) is 4.74 Å². The first-order valence-electron chi connectivity index (χ1n) is 8.01. The molecule has 1 N–H and O–H groups in total. The summed E-state index contributed by atoms with van der Waals surface area (Å²) in [5.74, 6) is 2.59. The zero-order valence-electron chi connectivity index (χ0n) is 13.0. The normalized spacial score (nSPS) is 22.5.